The fraction of sp³-hybridized carbons (Fsp3) is 0.500. The first kappa shape index (κ1) is 13.7. The summed E-state index contributed by atoms with van der Waals surface area (Å²) >= 11 is 0. The highest BCUT2D eigenvalue weighted by atomic mass is 19.3. The van der Waals surface area contributed by atoms with E-state index in [0.29, 0.717) is 18.9 Å². The SMILES string of the molecule is CCOCC(C)Nc1ccccc1OC(F)F. The first-order valence-corrected chi connectivity index (χ1v) is 5.51. The van der Waals surface area contributed by atoms with Gasteiger partial charge in [0.1, 0.15) is 5.75 Å². The number of hydrogen-bond donors (Lipinski definition) is 1. The van der Waals surface area contributed by atoms with Crippen LogP contribution in [0.1, 0.15) is 13.8 Å². The molecule has 0 aliphatic rings. The van der Waals surface area contributed by atoms with Gasteiger partial charge < -0.3 is 14.8 Å². The predicted octanol–water partition coefficient (Wildman–Crippen LogP) is 3.12. The van der Waals surface area contributed by atoms with E-state index in [1.807, 2.05) is 13.8 Å². The van der Waals surface area contributed by atoms with Crippen molar-refractivity contribution in [3.05, 3.63) is 24.3 Å². The van der Waals surface area contributed by atoms with Gasteiger partial charge >= 0.3 is 6.61 Å². The van der Waals surface area contributed by atoms with E-state index in [2.05, 4.69) is 10.1 Å². The van der Waals surface area contributed by atoms with Crippen LogP contribution in [0.5, 0.6) is 5.75 Å². The van der Waals surface area contributed by atoms with Gasteiger partial charge in [0, 0.05) is 12.6 Å². The molecule has 0 radical (unpaired) electrons. The van der Waals surface area contributed by atoms with Crippen LogP contribution in [0.3, 0.4) is 0 Å². The molecule has 96 valence electrons. The first-order chi connectivity index (χ1) is 8.13. The Balaban J connectivity index is 2.62. The van der Waals surface area contributed by atoms with E-state index in [1.54, 1.807) is 18.2 Å². The number of ether oxygens (including phenoxy) is 2. The third kappa shape index (κ3) is 4.99. The lowest BCUT2D eigenvalue weighted by atomic mass is 10.2. The van der Waals surface area contributed by atoms with E-state index in [1.165, 1.54) is 6.07 Å². The maximum Gasteiger partial charge on any atom is 0.387 e. The molecule has 1 aromatic rings. The molecule has 0 saturated heterocycles. The summed E-state index contributed by atoms with van der Waals surface area (Å²) in [6.07, 6.45) is 0. The lowest BCUT2D eigenvalue weighted by Gasteiger charge is -2.17. The molecule has 3 nitrogen and oxygen atoms in total. The third-order valence-corrected chi connectivity index (χ3v) is 2.08. The standard InChI is InChI=1S/C12H17F2NO2/c1-3-16-8-9(2)15-10-6-4-5-7-11(10)17-12(13)14/h4-7,9,12,15H,3,8H2,1-2H3. The largest absolute Gasteiger partial charge is 0.433 e. The van der Waals surface area contributed by atoms with Crippen molar-refractivity contribution in [2.45, 2.75) is 26.5 Å². The van der Waals surface area contributed by atoms with Gasteiger partial charge in [0.15, 0.2) is 0 Å². The van der Waals surface area contributed by atoms with Crippen LogP contribution in [0.4, 0.5) is 14.5 Å². The van der Waals surface area contributed by atoms with Crippen LogP contribution in [-0.2, 0) is 4.74 Å². The van der Waals surface area contributed by atoms with Crippen LogP contribution in [0.15, 0.2) is 24.3 Å². The molecule has 1 N–H and O–H groups in total. The Morgan fingerprint density at radius 2 is 2.00 bits per heavy atom. The fourth-order valence-electron chi connectivity index (χ4n) is 1.39. The average molecular weight is 245 g/mol. The van der Waals surface area contributed by atoms with Gasteiger partial charge in [-0.05, 0) is 26.0 Å². The molecule has 0 aliphatic carbocycles. The summed E-state index contributed by atoms with van der Waals surface area (Å²) in [5.41, 5.74) is 0.542. The van der Waals surface area contributed by atoms with Crippen LogP contribution < -0.4 is 10.1 Å². The van der Waals surface area contributed by atoms with Gasteiger partial charge in [0.05, 0.1) is 12.3 Å². The van der Waals surface area contributed by atoms with Crippen LogP contribution in [-0.4, -0.2) is 25.9 Å². The van der Waals surface area contributed by atoms with Crippen LogP contribution in [0.2, 0.25) is 0 Å². The lowest BCUT2D eigenvalue weighted by molar-refractivity contribution is -0.0494. The number of hydrogen-bond acceptors (Lipinski definition) is 3. The molecule has 1 rings (SSSR count). The summed E-state index contributed by atoms with van der Waals surface area (Å²) in [6.45, 7) is 2.14. The van der Waals surface area contributed by atoms with Gasteiger partial charge in [-0.25, -0.2) is 0 Å². The average Bonchev–Trinajstić information content (AvgIpc) is 2.28. The van der Waals surface area contributed by atoms with Gasteiger partial charge in [0.25, 0.3) is 0 Å². The number of benzene rings is 1. The maximum absolute atomic E-state index is 12.2. The Bertz CT molecular complexity index is 334. The minimum Gasteiger partial charge on any atom is -0.433 e. The zero-order chi connectivity index (χ0) is 12.7. The van der Waals surface area contributed by atoms with Crippen molar-refractivity contribution in [2.75, 3.05) is 18.5 Å². The molecule has 0 amide bonds. The number of anilines is 1. The van der Waals surface area contributed by atoms with E-state index in [4.69, 9.17) is 4.74 Å². The number of para-hydroxylation sites is 2. The summed E-state index contributed by atoms with van der Waals surface area (Å²) < 4.78 is 34.0. The van der Waals surface area contributed by atoms with Gasteiger partial charge in [-0.3, -0.25) is 0 Å². The van der Waals surface area contributed by atoms with Gasteiger partial charge in [-0.2, -0.15) is 8.78 Å². The molecular weight excluding hydrogens is 228 g/mol. The highest BCUT2D eigenvalue weighted by Crippen LogP contribution is 2.25. The topological polar surface area (TPSA) is 30.5 Å². The van der Waals surface area contributed by atoms with Gasteiger partial charge in [-0.15, -0.1) is 0 Å². The Hall–Kier alpha value is -1.36. The number of rotatable bonds is 7. The second-order valence-electron chi connectivity index (χ2n) is 3.58. The molecule has 1 atom stereocenters. The lowest BCUT2D eigenvalue weighted by Crippen LogP contribution is -2.22. The van der Waals surface area contributed by atoms with Crippen molar-refractivity contribution in [2.24, 2.45) is 0 Å². The predicted molar refractivity (Wildman–Crippen MR) is 62.7 cm³/mol. The minimum atomic E-state index is -2.82. The van der Waals surface area contributed by atoms with E-state index in [9.17, 15) is 8.78 Å². The molecule has 0 bridgehead atoms. The Morgan fingerprint density at radius 1 is 1.29 bits per heavy atom. The van der Waals surface area contributed by atoms with Crippen molar-refractivity contribution in [3.63, 3.8) is 0 Å². The Morgan fingerprint density at radius 3 is 2.65 bits per heavy atom. The first-order valence-electron chi connectivity index (χ1n) is 5.51. The molecule has 0 saturated carbocycles. The molecule has 0 heterocycles. The fourth-order valence-corrected chi connectivity index (χ4v) is 1.39. The zero-order valence-corrected chi connectivity index (χ0v) is 9.95. The highest BCUT2D eigenvalue weighted by Gasteiger charge is 2.10. The van der Waals surface area contributed by atoms with Gasteiger partial charge in [0.2, 0.25) is 0 Å². The normalized spacial score (nSPS) is 12.5. The molecule has 0 fully saturated rings. The van der Waals surface area contributed by atoms with E-state index in [-0.39, 0.29) is 11.8 Å². The van der Waals surface area contributed by atoms with Crippen molar-refractivity contribution in [3.8, 4) is 5.75 Å². The Kier molecular flexibility index (Phi) is 5.69. The van der Waals surface area contributed by atoms with E-state index in [0.717, 1.165) is 0 Å². The number of nitrogens with one attached hydrogen (secondary N) is 1. The number of alkyl halides is 2. The monoisotopic (exact) mass is 245 g/mol. The van der Waals surface area contributed by atoms with Crippen LogP contribution >= 0.6 is 0 Å². The molecule has 1 aromatic carbocycles. The van der Waals surface area contributed by atoms with E-state index >= 15 is 0 Å². The van der Waals surface area contributed by atoms with Crippen molar-refractivity contribution in [1.82, 2.24) is 0 Å². The van der Waals surface area contributed by atoms with Crippen molar-refractivity contribution < 1.29 is 18.3 Å². The third-order valence-electron chi connectivity index (χ3n) is 2.08. The molecule has 0 aliphatic heterocycles. The molecule has 5 heteroatoms. The summed E-state index contributed by atoms with van der Waals surface area (Å²) in [5.74, 6) is 0.144. The molecule has 17 heavy (non-hydrogen) atoms. The maximum atomic E-state index is 12.2. The molecule has 1 unspecified atom stereocenters. The molecule has 0 aromatic heterocycles. The number of halogens is 2. The van der Waals surface area contributed by atoms with E-state index < -0.39 is 6.61 Å². The smallest absolute Gasteiger partial charge is 0.387 e. The quantitative estimate of drug-likeness (QED) is 0.800. The summed E-state index contributed by atoms with van der Waals surface area (Å²) in [6, 6.07) is 6.63. The van der Waals surface area contributed by atoms with Crippen LogP contribution in [0, 0.1) is 0 Å². The molecular formula is C12H17F2NO2. The summed E-state index contributed by atoms with van der Waals surface area (Å²) in [4.78, 5) is 0. The van der Waals surface area contributed by atoms with Crippen molar-refractivity contribution in [1.29, 1.82) is 0 Å². The Labute approximate surface area is 99.7 Å². The van der Waals surface area contributed by atoms with Crippen LogP contribution in [0.25, 0.3) is 0 Å². The minimum absolute atomic E-state index is 0.0253. The second-order valence-corrected chi connectivity index (χ2v) is 3.58. The summed E-state index contributed by atoms with van der Waals surface area (Å²) in [7, 11) is 0. The summed E-state index contributed by atoms with van der Waals surface area (Å²) in [5, 5.41) is 3.07. The zero-order valence-electron chi connectivity index (χ0n) is 9.95. The molecule has 0 spiro atoms. The van der Waals surface area contributed by atoms with Crippen molar-refractivity contribution >= 4 is 5.69 Å². The van der Waals surface area contributed by atoms with Gasteiger partial charge in [-0.1, -0.05) is 12.1 Å². The highest BCUT2D eigenvalue weighted by molar-refractivity contribution is 5.56. The second kappa shape index (κ2) is 7.06.